The lowest BCUT2D eigenvalue weighted by atomic mass is 10.0. The lowest BCUT2D eigenvalue weighted by molar-refractivity contribution is -0.137. The van der Waals surface area contributed by atoms with Crippen LogP contribution < -0.4 is 4.72 Å². The van der Waals surface area contributed by atoms with Crippen LogP contribution in [-0.4, -0.2) is 14.7 Å². The van der Waals surface area contributed by atoms with E-state index in [1.54, 1.807) is 6.92 Å². The molecule has 0 saturated carbocycles. The van der Waals surface area contributed by atoms with Crippen molar-refractivity contribution >= 4 is 15.7 Å². The SMILES string of the molecule is Cc1cc(C(F)(F)F)cc(NS(C)(=O)=O)c1C. The molecule has 0 spiro atoms. The number of rotatable bonds is 2. The second-order valence-corrected chi connectivity index (χ2v) is 5.59. The standard InChI is InChI=1S/C10H12F3NO2S/c1-6-4-8(10(11,12)13)5-9(7(6)2)14-17(3,15)16/h4-5,14H,1-3H3. The molecule has 0 amide bonds. The predicted octanol–water partition coefficient (Wildman–Crippen LogP) is 2.69. The van der Waals surface area contributed by atoms with Crippen molar-refractivity contribution in [3.8, 4) is 0 Å². The van der Waals surface area contributed by atoms with Gasteiger partial charge >= 0.3 is 6.18 Å². The monoisotopic (exact) mass is 267 g/mol. The molecule has 0 saturated heterocycles. The Kier molecular flexibility index (Phi) is 3.42. The predicted molar refractivity (Wildman–Crippen MR) is 59.4 cm³/mol. The topological polar surface area (TPSA) is 46.2 Å². The highest BCUT2D eigenvalue weighted by molar-refractivity contribution is 7.92. The molecule has 0 aliphatic heterocycles. The zero-order chi connectivity index (χ0) is 13.4. The number of hydrogen-bond donors (Lipinski definition) is 1. The lowest BCUT2D eigenvalue weighted by Gasteiger charge is -2.14. The number of benzene rings is 1. The fourth-order valence-electron chi connectivity index (χ4n) is 1.33. The second kappa shape index (κ2) is 4.21. The molecule has 0 heterocycles. The Morgan fingerprint density at radius 3 is 2.12 bits per heavy atom. The highest BCUT2D eigenvalue weighted by atomic mass is 32.2. The molecule has 0 atom stereocenters. The van der Waals surface area contributed by atoms with Gasteiger partial charge in [0.2, 0.25) is 10.0 Å². The van der Waals surface area contributed by atoms with Gasteiger partial charge in [-0.25, -0.2) is 8.42 Å². The van der Waals surface area contributed by atoms with Crippen molar-refractivity contribution in [2.24, 2.45) is 0 Å². The molecular formula is C10H12F3NO2S. The Balaban J connectivity index is 3.36. The molecule has 7 heteroatoms. The van der Waals surface area contributed by atoms with E-state index in [4.69, 9.17) is 0 Å². The number of aryl methyl sites for hydroxylation is 1. The van der Waals surface area contributed by atoms with Gasteiger partial charge in [-0.15, -0.1) is 0 Å². The van der Waals surface area contributed by atoms with Crippen molar-refractivity contribution in [1.29, 1.82) is 0 Å². The maximum absolute atomic E-state index is 12.5. The number of alkyl halides is 3. The minimum Gasteiger partial charge on any atom is -0.283 e. The van der Waals surface area contributed by atoms with Gasteiger partial charge in [-0.1, -0.05) is 0 Å². The van der Waals surface area contributed by atoms with Crippen molar-refractivity contribution in [1.82, 2.24) is 0 Å². The molecule has 0 aliphatic rings. The third-order valence-corrected chi connectivity index (χ3v) is 2.88. The van der Waals surface area contributed by atoms with Gasteiger partial charge in [0.1, 0.15) is 0 Å². The van der Waals surface area contributed by atoms with Gasteiger partial charge in [0.15, 0.2) is 0 Å². The van der Waals surface area contributed by atoms with Gasteiger partial charge in [0, 0.05) is 0 Å². The summed E-state index contributed by atoms with van der Waals surface area (Å²) >= 11 is 0. The average molecular weight is 267 g/mol. The summed E-state index contributed by atoms with van der Waals surface area (Å²) in [7, 11) is -3.60. The van der Waals surface area contributed by atoms with Crippen molar-refractivity contribution in [2.75, 3.05) is 11.0 Å². The van der Waals surface area contributed by atoms with Crippen LogP contribution in [0.1, 0.15) is 16.7 Å². The van der Waals surface area contributed by atoms with Gasteiger partial charge in [-0.3, -0.25) is 4.72 Å². The summed E-state index contributed by atoms with van der Waals surface area (Å²) in [5, 5.41) is 0. The van der Waals surface area contributed by atoms with Crippen LogP contribution in [0.5, 0.6) is 0 Å². The molecule has 1 aromatic carbocycles. The molecule has 0 aromatic heterocycles. The van der Waals surface area contributed by atoms with Crippen LogP contribution in [-0.2, 0) is 16.2 Å². The second-order valence-electron chi connectivity index (χ2n) is 3.84. The summed E-state index contributed by atoms with van der Waals surface area (Å²) in [6.07, 6.45) is -3.60. The Morgan fingerprint density at radius 2 is 1.71 bits per heavy atom. The summed E-state index contributed by atoms with van der Waals surface area (Å²) in [6, 6.07) is 1.78. The highest BCUT2D eigenvalue weighted by Gasteiger charge is 2.31. The first-order valence-corrected chi connectivity index (χ1v) is 6.56. The van der Waals surface area contributed by atoms with Crippen LogP contribution in [0.25, 0.3) is 0 Å². The van der Waals surface area contributed by atoms with Gasteiger partial charge in [-0.2, -0.15) is 13.2 Å². The normalized spacial score (nSPS) is 12.6. The van der Waals surface area contributed by atoms with Crippen LogP contribution in [0.4, 0.5) is 18.9 Å². The summed E-state index contributed by atoms with van der Waals surface area (Å²) in [4.78, 5) is 0. The first-order chi connectivity index (χ1) is 7.50. The Hall–Kier alpha value is -1.24. The van der Waals surface area contributed by atoms with Crippen molar-refractivity contribution in [3.05, 3.63) is 28.8 Å². The molecule has 3 nitrogen and oxygen atoms in total. The highest BCUT2D eigenvalue weighted by Crippen LogP contribution is 2.33. The summed E-state index contributed by atoms with van der Waals surface area (Å²) in [5.74, 6) is 0. The Bertz CT molecular complexity index is 535. The van der Waals surface area contributed by atoms with Gasteiger partial charge in [0.05, 0.1) is 17.5 Å². The van der Waals surface area contributed by atoms with Crippen LogP contribution in [0.3, 0.4) is 0 Å². The van der Waals surface area contributed by atoms with Gasteiger partial charge in [0.25, 0.3) is 0 Å². The van der Waals surface area contributed by atoms with E-state index in [0.717, 1.165) is 18.4 Å². The molecular weight excluding hydrogens is 255 g/mol. The van der Waals surface area contributed by atoms with Gasteiger partial charge in [-0.05, 0) is 37.1 Å². The van der Waals surface area contributed by atoms with E-state index in [1.807, 2.05) is 0 Å². The first-order valence-electron chi connectivity index (χ1n) is 4.67. The lowest BCUT2D eigenvalue weighted by Crippen LogP contribution is -2.13. The summed E-state index contributed by atoms with van der Waals surface area (Å²) in [5.41, 5.74) is -0.0547. The molecule has 96 valence electrons. The average Bonchev–Trinajstić information content (AvgIpc) is 2.08. The minimum absolute atomic E-state index is 0.0418. The largest absolute Gasteiger partial charge is 0.416 e. The smallest absolute Gasteiger partial charge is 0.283 e. The van der Waals surface area contributed by atoms with Crippen molar-refractivity contribution in [3.63, 3.8) is 0 Å². The van der Waals surface area contributed by atoms with Crippen molar-refractivity contribution < 1.29 is 21.6 Å². The molecule has 0 radical (unpaired) electrons. The number of anilines is 1. The molecule has 1 N–H and O–H groups in total. The van der Waals surface area contributed by atoms with Gasteiger partial charge < -0.3 is 0 Å². The fourth-order valence-corrected chi connectivity index (χ4v) is 1.94. The fraction of sp³-hybridized carbons (Fsp3) is 0.400. The first kappa shape index (κ1) is 13.8. The molecule has 0 fully saturated rings. The number of nitrogens with one attached hydrogen (secondary N) is 1. The number of sulfonamides is 1. The quantitative estimate of drug-likeness (QED) is 0.895. The van der Waals surface area contributed by atoms with E-state index in [9.17, 15) is 21.6 Å². The van der Waals surface area contributed by atoms with Crippen molar-refractivity contribution in [2.45, 2.75) is 20.0 Å². The maximum Gasteiger partial charge on any atom is 0.416 e. The summed E-state index contributed by atoms with van der Waals surface area (Å²) < 4.78 is 61.7. The Labute approximate surface area is 97.7 Å². The maximum atomic E-state index is 12.5. The van der Waals surface area contributed by atoms with E-state index >= 15 is 0 Å². The number of hydrogen-bond acceptors (Lipinski definition) is 2. The van der Waals surface area contributed by atoms with E-state index in [-0.39, 0.29) is 5.69 Å². The van der Waals surface area contributed by atoms with Crippen LogP contribution in [0.2, 0.25) is 0 Å². The molecule has 17 heavy (non-hydrogen) atoms. The zero-order valence-electron chi connectivity index (χ0n) is 9.51. The molecule has 0 aliphatic carbocycles. The van der Waals surface area contributed by atoms with E-state index < -0.39 is 21.8 Å². The van der Waals surface area contributed by atoms with E-state index in [0.29, 0.717) is 11.1 Å². The summed E-state index contributed by atoms with van der Waals surface area (Å²) in [6.45, 7) is 3.06. The van der Waals surface area contributed by atoms with E-state index in [1.165, 1.54) is 6.92 Å². The number of halogens is 3. The van der Waals surface area contributed by atoms with Crippen LogP contribution in [0, 0.1) is 13.8 Å². The molecule has 1 aromatic rings. The third kappa shape index (κ3) is 3.62. The Morgan fingerprint density at radius 1 is 1.18 bits per heavy atom. The molecule has 0 unspecified atom stereocenters. The molecule has 0 bridgehead atoms. The van der Waals surface area contributed by atoms with Crippen LogP contribution >= 0.6 is 0 Å². The third-order valence-electron chi connectivity index (χ3n) is 2.29. The minimum atomic E-state index is -4.49. The van der Waals surface area contributed by atoms with Crippen LogP contribution in [0.15, 0.2) is 12.1 Å². The zero-order valence-corrected chi connectivity index (χ0v) is 10.3. The van der Waals surface area contributed by atoms with E-state index in [2.05, 4.69) is 4.72 Å². The molecule has 1 rings (SSSR count).